The third-order valence-electron chi connectivity index (χ3n) is 6.58. The largest absolute Gasteiger partial charge is 0.591 e. The van der Waals surface area contributed by atoms with Crippen molar-refractivity contribution in [3.05, 3.63) is 89.2 Å². The molecule has 0 aliphatic rings. The summed E-state index contributed by atoms with van der Waals surface area (Å²) in [6, 6.07) is 21.0. The minimum Gasteiger partial charge on any atom is -0.591 e. The standard InChI is InChI=1S/C36H42N2O7S/c1-8-42-32(39)20-27-13-9-10-15-31(27)43-23-25-17-28-19-29(22-38-46(41)36(5,6)7)44-33(28)30(18-25)26-14-11-12-24(16-26)21-37-34(40)45-35(2,3)4/h9-19,22H,8,20-21,23H2,1-7H3,(H,37,40)/b38-22+/t46-/m1/s1. The summed E-state index contributed by atoms with van der Waals surface area (Å²) in [6.07, 6.45) is 1.11. The normalized spacial score (nSPS) is 12.7. The molecule has 1 aromatic heterocycles. The van der Waals surface area contributed by atoms with E-state index in [0.717, 1.165) is 33.2 Å². The van der Waals surface area contributed by atoms with E-state index in [1.165, 1.54) is 6.21 Å². The van der Waals surface area contributed by atoms with Crippen LogP contribution in [0.5, 0.6) is 5.75 Å². The van der Waals surface area contributed by atoms with Crippen LogP contribution in [0.15, 0.2) is 75.5 Å². The number of benzene rings is 3. The van der Waals surface area contributed by atoms with Crippen LogP contribution in [0.4, 0.5) is 4.79 Å². The van der Waals surface area contributed by atoms with E-state index in [9.17, 15) is 14.1 Å². The zero-order valence-corrected chi connectivity index (χ0v) is 28.3. The highest BCUT2D eigenvalue weighted by Gasteiger charge is 2.26. The number of hydrogen-bond acceptors (Lipinski definition) is 8. The van der Waals surface area contributed by atoms with Crippen molar-refractivity contribution >= 4 is 40.6 Å². The number of rotatable bonds is 11. The summed E-state index contributed by atoms with van der Waals surface area (Å²) < 4.78 is 39.3. The van der Waals surface area contributed by atoms with Crippen molar-refractivity contribution < 1.29 is 32.8 Å². The number of alkyl carbamates (subject to hydrolysis) is 1. The number of ether oxygens (including phenoxy) is 3. The second-order valence-corrected chi connectivity index (χ2v) is 14.7. The van der Waals surface area contributed by atoms with Gasteiger partial charge in [-0.15, -0.1) is 0 Å². The number of carbonyl (C=O) groups is 2. The van der Waals surface area contributed by atoms with Crippen LogP contribution < -0.4 is 10.1 Å². The molecule has 4 aromatic rings. The van der Waals surface area contributed by atoms with Crippen molar-refractivity contribution in [2.75, 3.05) is 6.61 Å². The zero-order chi connectivity index (χ0) is 33.5. The third-order valence-corrected chi connectivity index (χ3v) is 7.92. The molecule has 46 heavy (non-hydrogen) atoms. The molecule has 0 bridgehead atoms. The highest BCUT2D eigenvalue weighted by atomic mass is 32.2. The van der Waals surface area contributed by atoms with Gasteiger partial charge in [0.2, 0.25) is 0 Å². The molecule has 1 atom stereocenters. The molecular weight excluding hydrogens is 604 g/mol. The van der Waals surface area contributed by atoms with Gasteiger partial charge in [-0.25, -0.2) is 4.79 Å². The fourth-order valence-electron chi connectivity index (χ4n) is 4.51. The van der Waals surface area contributed by atoms with Crippen molar-refractivity contribution in [2.24, 2.45) is 4.40 Å². The summed E-state index contributed by atoms with van der Waals surface area (Å²) in [5, 5.41) is 3.62. The molecule has 1 amide bonds. The molecule has 9 nitrogen and oxygen atoms in total. The van der Waals surface area contributed by atoms with E-state index in [1.54, 1.807) is 6.92 Å². The van der Waals surface area contributed by atoms with Gasteiger partial charge in [0, 0.05) is 23.1 Å². The number of esters is 1. The predicted molar refractivity (Wildman–Crippen MR) is 181 cm³/mol. The van der Waals surface area contributed by atoms with E-state index in [0.29, 0.717) is 23.7 Å². The summed E-state index contributed by atoms with van der Waals surface area (Å²) in [4.78, 5) is 24.4. The Balaban J connectivity index is 1.67. The topological polar surface area (TPSA) is 122 Å². The minimum absolute atomic E-state index is 0.110. The molecular formula is C36H42N2O7S. The number of fused-ring (bicyclic) bond motifs is 1. The SMILES string of the molecule is CCOC(=O)Cc1ccccc1OCc1cc(-c2cccc(CNC(=O)OC(C)(C)C)c2)c2oc(/C=N/[S@+]([O-])C(C)(C)C)cc2c1. The molecule has 0 spiro atoms. The van der Waals surface area contributed by atoms with Crippen molar-refractivity contribution in [1.82, 2.24) is 5.32 Å². The maximum atomic E-state index is 12.6. The number of nitrogens with one attached hydrogen (secondary N) is 1. The lowest BCUT2D eigenvalue weighted by Crippen LogP contribution is -2.32. The summed E-state index contributed by atoms with van der Waals surface area (Å²) >= 11 is -1.44. The van der Waals surface area contributed by atoms with Crippen LogP contribution in [-0.2, 0) is 45.2 Å². The first-order valence-electron chi connectivity index (χ1n) is 15.2. The smallest absolute Gasteiger partial charge is 0.407 e. The van der Waals surface area contributed by atoms with Gasteiger partial charge in [0.15, 0.2) is 5.76 Å². The molecule has 0 unspecified atom stereocenters. The number of amides is 1. The van der Waals surface area contributed by atoms with Gasteiger partial charge >= 0.3 is 12.1 Å². The highest BCUT2D eigenvalue weighted by Crippen LogP contribution is 2.34. The summed E-state index contributed by atoms with van der Waals surface area (Å²) in [7, 11) is 0. The lowest BCUT2D eigenvalue weighted by molar-refractivity contribution is -0.142. The first-order chi connectivity index (χ1) is 21.7. The van der Waals surface area contributed by atoms with E-state index in [-0.39, 0.29) is 25.5 Å². The van der Waals surface area contributed by atoms with Crippen molar-refractivity contribution in [1.29, 1.82) is 0 Å². The Labute approximate surface area is 273 Å². The quantitative estimate of drug-likeness (QED) is 0.101. The molecule has 1 heterocycles. The Morgan fingerprint density at radius 2 is 1.74 bits per heavy atom. The third kappa shape index (κ3) is 9.86. The average Bonchev–Trinajstić information content (AvgIpc) is 3.40. The van der Waals surface area contributed by atoms with E-state index in [2.05, 4.69) is 9.71 Å². The van der Waals surface area contributed by atoms with Gasteiger partial charge in [0.25, 0.3) is 0 Å². The number of furan rings is 1. The number of carbonyl (C=O) groups excluding carboxylic acids is 2. The van der Waals surface area contributed by atoms with Gasteiger partial charge in [-0.2, -0.15) is 0 Å². The Hall–Kier alpha value is -4.28. The van der Waals surface area contributed by atoms with Gasteiger partial charge in [-0.1, -0.05) is 40.8 Å². The Kier molecular flexibility index (Phi) is 11.2. The average molecular weight is 647 g/mol. The summed E-state index contributed by atoms with van der Waals surface area (Å²) in [6.45, 7) is 13.6. The fourth-order valence-corrected chi connectivity index (χ4v) is 5.03. The predicted octanol–water partition coefficient (Wildman–Crippen LogP) is 7.69. The van der Waals surface area contributed by atoms with Crippen LogP contribution >= 0.6 is 0 Å². The van der Waals surface area contributed by atoms with E-state index < -0.39 is 27.8 Å². The molecule has 1 N–H and O–H groups in total. The molecule has 10 heteroatoms. The molecule has 0 saturated carbocycles. The van der Waals surface area contributed by atoms with Crippen LogP contribution in [0.25, 0.3) is 22.1 Å². The number of nitrogens with zero attached hydrogens (tertiary/aromatic N) is 1. The fraction of sp³-hybridized carbons (Fsp3) is 0.361. The van der Waals surface area contributed by atoms with Gasteiger partial charge < -0.3 is 28.5 Å². The van der Waals surface area contributed by atoms with Gasteiger partial charge in [0.1, 0.15) is 45.9 Å². The minimum atomic E-state index is -1.44. The van der Waals surface area contributed by atoms with E-state index >= 15 is 0 Å². The lowest BCUT2D eigenvalue weighted by atomic mass is 9.99. The van der Waals surface area contributed by atoms with Crippen molar-refractivity contribution in [2.45, 2.75) is 78.4 Å². The molecule has 0 radical (unpaired) electrons. The van der Waals surface area contributed by atoms with Crippen LogP contribution in [0.1, 0.15) is 70.9 Å². The summed E-state index contributed by atoms with van der Waals surface area (Å²) in [5.41, 5.74) is 4.20. The first-order valence-corrected chi connectivity index (χ1v) is 16.3. The van der Waals surface area contributed by atoms with Gasteiger partial charge in [0.05, 0.1) is 13.0 Å². The maximum absolute atomic E-state index is 12.6. The van der Waals surface area contributed by atoms with Crippen LogP contribution in [0.3, 0.4) is 0 Å². The van der Waals surface area contributed by atoms with Crippen LogP contribution in [0, 0.1) is 0 Å². The molecule has 0 aliphatic carbocycles. The van der Waals surface area contributed by atoms with Crippen LogP contribution in [0.2, 0.25) is 0 Å². The molecule has 0 aliphatic heterocycles. The summed E-state index contributed by atoms with van der Waals surface area (Å²) in [5.74, 6) is 0.745. The number of hydrogen-bond donors (Lipinski definition) is 1. The molecule has 0 saturated heterocycles. The highest BCUT2D eigenvalue weighted by molar-refractivity contribution is 7.91. The van der Waals surface area contributed by atoms with Crippen LogP contribution in [-0.4, -0.2) is 39.8 Å². The first kappa shape index (κ1) is 34.6. The zero-order valence-electron chi connectivity index (χ0n) is 27.5. The second-order valence-electron chi connectivity index (χ2n) is 12.7. The Bertz CT molecular complexity index is 1700. The molecule has 0 fully saturated rings. The lowest BCUT2D eigenvalue weighted by Gasteiger charge is -2.19. The van der Waals surface area contributed by atoms with Gasteiger partial charge in [-0.05, 0) is 95.5 Å². The number of para-hydroxylation sites is 1. The molecule has 244 valence electrons. The monoisotopic (exact) mass is 646 g/mol. The molecule has 4 rings (SSSR count). The van der Waals surface area contributed by atoms with Crippen molar-refractivity contribution in [3.8, 4) is 16.9 Å². The Morgan fingerprint density at radius 1 is 0.978 bits per heavy atom. The van der Waals surface area contributed by atoms with Gasteiger partial charge in [-0.3, -0.25) is 4.79 Å². The maximum Gasteiger partial charge on any atom is 0.407 e. The second kappa shape index (κ2) is 14.9. The Morgan fingerprint density at radius 3 is 2.46 bits per heavy atom. The van der Waals surface area contributed by atoms with E-state index in [1.807, 2.05) is 108 Å². The van der Waals surface area contributed by atoms with Crippen molar-refractivity contribution in [3.63, 3.8) is 0 Å². The molecule has 3 aromatic carbocycles. The van der Waals surface area contributed by atoms with E-state index in [4.69, 9.17) is 18.6 Å².